The quantitative estimate of drug-likeness (QED) is 0.430. The smallest absolute Gasteiger partial charge is 0.262 e. The Morgan fingerprint density at radius 2 is 1.22 bits per heavy atom. The Labute approximate surface area is 142 Å². The van der Waals surface area contributed by atoms with Crippen molar-refractivity contribution in [2.75, 3.05) is 0 Å². The zero-order valence-corrected chi connectivity index (χ0v) is 13.5. The molecule has 0 aliphatic rings. The highest BCUT2D eigenvalue weighted by Gasteiger charge is 2.17. The van der Waals surface area contributed by atoms with Crippen LogP contribution < -0.4 is 0 Å². The summed E-state index contributed by atoms with van der Waals surface area (Å²) in [5, 5.41) is 2.98. The van der Waals surface area contributed by atoms with E-state index in [4.69, 9.17) is 23.2 Å². The number of benzene rings is 3. The average molecular weight is 340 g/mol. The molecule has 0 aliphatic carbocycles. The SMILES string of the molecule is O=C(c1cc(Cl)cc(Cl)c1)n1c2ccccc2c2ccccc21. The number of aromatic nitrogens is 1. The second-order valence-corrected chi connectivity index (χ2v) is 6.21. The van der Waals surface area contributed by atoms with Crippen LogP contribution in [-0.2, 0) is 0 Å². The van der Waals surface area contributed by atoms with Gasteiger partial charge in [-0.2, -0.15) is 0 Å². The third-order valence-corrected chi connectivity index (χ3v) is 4.33. The fourth-order valence-electron chi connectivity index (χ4n) is 2.95. The van der Waals surface area contributed by atoms with Crippen molar-refractivity contribution in [1.82, 2.24) is 4.57 Å². The second-order valence-electron chi connectivity index (χ2n) is 5.33. The van der Waals surface area contributed by atoms with Gasteiger partial charge in [0.1, 0.15) is 0 Å². The number of rotatable bonds is 1. The lowest BCUT2D eigenvalue weighted by Crippen LogP contribution is -2.11. The topological polar surface area (TPSA) is 22.0 Å². The second kappa shape index (κ2) is 5.41. The first-order chi connectivity index (χ1) is 11.1. The van der Waals surface area contributed by atoms with Crippen molar-refractivity contribution in [1.29, 1.82) is 0 Å². The minimum atomic E-state index is -0.146. The molecule has 1 heterocycles. The van der Waals surface area contributed by atoms with Crippen LogP contribution in [-0.4, -0.2) is 10.5 Å². The van der Waals surface area contributed by atoms with E-state index in [1.54, 1.807) is 22.8 Å². The first-order valence-electron chi connectivity index (χ1n) is 7.14. The van der Waals surface area contributed by atoms with Crippen LogP contribution in [0.2, 0.25) is 10.0 Å². The van der Waals surface area contributed by atoms with Gasteiger partial charge in [-0.15, -0.1) is 0 Å². The first kappa shape index (κ1) is 14.3. The lowest BCUT2D eigenvalue weighted by Gasteiger charge is -2.07. The van der Waals surface area contributed by atoms with Crippen LogP contribution in [0.3, 0.4) is 0 Å². The molecule has 0 amide bonds. The minimum absolute atomic E-state index is 0.146. The molecule has 1 aromatic heterocycles. The van der Waals surface area contributed by atoms with Crippen molar-refractivity contribution in [2.24, 2.45) is 0 Å². The Bertz CT molecular complexity index is 992. The summed E-state index contributed by atoms with van der Waals surface area (Å²) in [6.07, 6.45) is 0. The predicted molar refractivity (Wildman–Crippen MR) is 95.6 cm³/mol. The van der Waals surface area contributed by atoms with Crippen LogP contribution in [0.25, 0.3) is 21.8 Å². The highest BCUT2D eigenvalue weighted by Crippen LogP contribution is 2.30. The van der Waals surface area contributed by atoms with Gasteiger partial charge in [0.25, 0.3) is 5.91 Å². The molecule has 0 saturated heterocycles. The summed E-state index contributed by atoms with van der Waals surface area (Å²) in [4.78, 5) is 13.1. The molecular weight excluding hydrogens is 329 g/mol. The Morgan fingerprint density at radius 3 is 1.74 bits per heavy atom. The Morgan fingerprint density at radius 1 is 0.739 bits per heavy atom. The Hall–Kier alpha value is -2.29. The van der Waals surface area contributed by atoms with Crippen LogP contribution >= 0.6 is 23.2 Å². The third-order valence-electron chi connectivity index (χ3n) is 3.89. The first-order valence-corrected chi connectivity index (χ1v) is 7.90. The molecule has 0 saturated carbocycles. The lowest BCUT2D eigenvalue weighted by molar-refractivity contribution is 0.0969. The van der Waals surface area contributed by atoms with Crippen molar-refractivity contribution in [2.45, 2.75) is 0 Å². The number of fused-ring (bicyclic) bond motifs is 3. The molecule has 23 heavy (non-hydrogen) atoms. The van der Waals surface area contributed by atoms with Crippen LogP contribution in [0, 0.1) is 0 Å². The highest BCUT2D eigenvalue weighted by molar-refractivity contribution is 6.35. The van der Waals surface area contributed by atoms with Crippen LogP contribution in [0.5, 0.6) is 0 Å². The van der Waals surface area contributed by atoms with Crippen LogP contribution in [0.15, 0.2) is 66.7 Å². The maximum Gasteiger partial charge on any atom is 0.262 e. The fourth-order valence-corrected chi connectivity index (χ4v) is 3.47. The predicted octanol–water partition coefficient (Wildman–Crippen LogP) is 5.79. The van der Waals surface area contributed by atoms with E-state index in [2.05, 4.69) is 0 Å². The number of para-hydroxylation sites is 2. The summed E-state index contributed by atoms with van der Waals surface area (Å²) in [6.45, 7) is 0. The number of halogens is 2. The van der Waals surface area contributed by atoms with Crippen molar-refractivity contribution in [3.63, 3.8) is 0 Å². The molecule has 3 aromatic carbocycles. The Kier molecular flexibility index (Phi) is 3.37. The van der Waals surface area contributed by atoms with Gasteiger partial charge in [-0.25, -0.2) is 0 Å². The zero-order valence-electron chi connectivity index (χ0n) is 12.0. The maximum absolute atomic E-state index is 13.1. The molecule has 0 N–H and O–H groups in total. The fraction of sp³-hybridized carbons (Fsp3) is 0. The lowest BCUT2D eigenvalue weighted by atomic mass is 10.2. The zero-order chi connectivity index (χ0) is 16.0. The van der Waals surface area contributed by atoms with E-state index in [-0.39, 0.29) is 5.91 Å². The summed E-state index contributed by atoms with van der Waals surface area (Å²) >= 11 is 12.1. The van der Waals surface area contributed by atoms with Crippen LogP contribution in [0.1, 0.15) is 10.4 Å². The highest BCUT2D eigenvalue weighted by atomic mass is 35.5. The average Bonchev–Trinajstić information content (AvgIpc) is 2.88. The summed E-state index contributed by atoms with van der Waals surface area (Å²) in [6, 6.07) is 20.6. The van der Waals surface area contributed by atoms with E-state index in [1.807, 2.05) is 48.5 Å². The van der Waals surface area contributed by atoms with Crippen molar-refractivity contribution in [3.8, 4) is 0 Å². The van der Waals surface area contributed by atoms with E-state index < -0.39 is 0 Å². The number of carbonyl (C=O) groups is 1. The van der Waals surface area contributed by atoms with E-state index in [0.717, 1.165) is 21.8 Å². The third kappa shape index (κ3) is 2.31. The van der Waals surface area contributed by atoms with E-state index in [9.17, 15) is 4.79 Å². The van der Waals surface area contributed by atoms with Gasteiger partial charge < -0.3 is 0 Å². The number of hydrogen-bond donors (Lipinski definition) is 0. The molecular formula is C19H11Cl2NO. The molecule has 0 spiro atoms. The number of nitrogens with zero attached hydrogens (tertiary/aromatic N) is 1. The van der Waals surface area contributed by atoms with Gasteiger partial charge in [0.2, 0.25) is 0 Å². The van der Waals surface area contributed by atoms with Crippen LogP contribution in [0.4, 0.5) is 0 Å². The molecule has 0 unspecified atom stereocenters. The largest absolute Gasteiger partial charge is 0.276 e. The van der Waals surface area contributed by atoms with Gasteiger partial charge in [-0.3, -0.25) is 9.36 Å². The normalized spacial score (nSPS) is 11.2. The van der Waals surface area contributed by atoms with Gasteiger partial charge in [-0.05, 0) is 30.3 Å². The monoisotopic (exact) mass is 339 g/mol. The summed E-state index contributed by atoms with van der Waals surface area (Å²) in [5.41, 5.74) is 2.21. The van der Waals surface area contributed by atoms with Crippen molar-refractivity contribution in [3.05, 3.63) is 82.3 Å². The van der Waals surface area contributed by atoms with Gasteiger partial charge >= 0.3 is 0 Å². The molecule has 4 rings (SSSR count). The standard InChI is InChI=1S/C19H11Cl2NO/c20-13-9-12(10-14(21)11-13)19(23)22-17-7-3-1-5-15(17)16-6-2-4-8-18(16)22/h1-11H. The molecule has 0 aliphatic heterocycles. The van der Waals surface area contributed by atoms with Crippen molar-refractivity contribution >= 4 is 50.9 Å². The number of carbonyl (C=O) groups excluding carboxylic acids is 1. The van der Waals surface area contributed by atoms with E-state index >= 15 is 0 Å². The minimum Gasteiger partial charge on any atom is -0.276 e. The van der Waals surface area contributed by atoms with Gasteiger partial charge in [0, 0.05) is 26.4 Å². The van der Waals surface area contributed by atoms with E-state index in [1.165, 1.54) is 0 Å². The molecule has 4 heteroatoms. The van der Waals surface area contributed by atoms with E-state index in [0.29, 0.717) is 15.6 Å². The maximum atomic E-state index is 13.1. The Balaban J connectivity index is 2.05. The molecule has 0 fully saturated rings. The van der Waals surface area contributed by atoms with Crippen molar-refractivity contribution < 1.29 is 4.79 Å². The van der Waals surface area contributed by atoms with Gasteiger partial charge in [-0.1, -0.05) is 59.6 Å². The molecule has 2 nitrogen and oxygen atoms in total. The molecule has 4 aromatic rings. The molecule has 0 atom stereocenters. The van der Waals surface area contributed by atoms with Gasteiger partial charge in [0.15, 0.2) is 0 Å². The number of hydrogen-bond acceptors (Lipinski definition) is 1. The van der Waals surface area contributed by atoms with Gasteiger partial charge in [0.05, 0.1) is 11.0 Å². The molecule has 0 bridgehead atoms. The molecule has 0 radical (unpaired) electrons. The summed E-state index contributed by atoms with van der Waals surface area (Å²) in [7, 11) is 0. The summed E-state index contributed by atoms with van der Waals surface area (Å²) < 4.78 is 1.71. The molecule has 112 valence electrons. The summed E-state index contributed by atoms with van der Waals surface area (Å²) in [5.74, 6) is -0.146.